The lowest BCUT2D eigenvalue weighted by Crippen LogP contribution is -2.27. The average Bonchev–Trinajstić information content (AvgIpc) is 2.96. The Hall–Kier alpha value is -2.11. The molecule has 0 saturated carbocycles. The van der Waals surface area contributed by atoms with Gasteiger partial charge in [-0.1, -0.05) is 25.1 Å². The summed E-state index contributed by atoms with van der Waals surface area (Å²) in [4.78, 5) is 14.5. The van der Waals surface area contributed by atoms with Crippen LogP contribution < -0.4 is 4.90 Å². The van der Waals surface area contributed by atoms with Gasteiger partial charge in [0, 0.05) is 31.7 Å². The number of hydrogen-bond donors (Lipinski definition) is 1. The van der Waals surface area contributed by atoms with E-state index in [0.29, 0.717) is 13.0 Å². The molecule has 3 unspecified atom stereocenters. The number of ether oxygens (including phenoxy) is 2. The third-order valence-corrected chi connectivity index (χ3v) is 4.90. The van der Waals surface area contributed by atoms with Crippen LogP contribution in [0.15, 0.2) is 47.7 Å². The van der Waals surface area contributed by atoms with Gasteiger partial charge in [0.05, 0.1) is 18.8 Å². The molecule has 1 amide bonds. The second kappa shape index (κ2) is 6.79. The number of carbonyl (C=O) groups excluding carboxylic acids is 1. The molecule has 0 bridgehead atoms. The van der Waals surface area contributed by atoms with Crippen LogP contribution in [0.25, 0.3) is 0 Å². The fourth-order valence-electron chi connectivity index (χ4n) is 3.27. The van der Waals surface area contributed by atoms with Gasteiger partial charge < -0.3 is 19.5 Å². The zero-order valence-electron chi connectivity index (χ0n) is 14.2. The monoisotopic (exact) mass is 329 g/mol. The van der Waals surface area contributed by atoms with E-state index in [9.17, 15) is 9.90 Å². The van der Waals surface area contributed by atoms with Crippen molar-refractivity contribution in [2.75, 3.05) is 25.7 Å². The van der Waals surface area contributed by atoms with E-state index < -0.39 is 6.29 Å². The normalized spacial score (nSPS) is 22.6. The number of hydrogen-bond acceptors (Lipinski definition) is 4. The molecule has 1 aromatic carbocycles. The molecule has 1 N–H and O–H groups in total. The van der Waals surface area contributed by atoms with Gasteiger partial charge in [-0.3, -0.25) is 4.79 Å². The van der Waals surface area contributed by atoms with Crippen molar-refractivity contribution in [1.82, 2.24) is 0 Å². The van der Waals surface area contributed by atoms with Gasteiger partial charge in [-0.2, -0.15) is 0 Å². The number of amides is 1. The van der Waals surface area contributed by atoms with Crippen molar-refractivity contribution in [3.8, 4) is 0 Å². The molecule has 1 saturated heterocycles. The minimum Gasteiger partial charge on any atom is -0.501 e. The van der Waals surface area contributed by atoms with E-state index in [0.717, 1.165) is 22.6 Å². The smallest absolute Gasteiger partial charge is 0.235 e. The van der Waals surface area contributed by atoms with Gasteiger partial charge in [0.2, 0.25) is 5.91 Å². The van der Waals surface area contributed by atoms with E-state index in [-0.39, 0.29) is 17.7 Å². The number of carbonyl (C=O) groups is 1. The zero-order chi connectivity index (χ0) is 17.3. The van der Waals surface area contributed by atoms with Crippen LogP contribution in [-0.4, -0.2) is 38.1 Å². The van der Waals surface area contributed by atoms with Crippen molar-refractivity contribution in [2.24, 2.45) is 5.92 Å². The van der Waals surface area contributed by atoms with E-state index in [2.05, 4.69) is 0 Å². The summed E-state index contributed by atoms with van der Waals surface area (Å²) in [5, 5.41) is 9.78. The lowest BCUT2D eigenvalue weighted by molar-refractivity contribution is -0.120. The number of aliphatic hydroxyl groups excluding tert-OH is 1. The summed E-state index contributed by atoms with van der Waals surface area (Å²) in [5.74, 6) is 0.717. The first kappa shape index (κ1) is 16.7. The molecule has 5 nitrogen and oxygen atoms in total. The highest BCUT2D eigenvalue weighted by molar-refractivity contribution is 6.01. The molecular formula is C19H23NO4. The number of anilines is 1. The summed E-state index contributed by atoms with van der Waals surface area (Å²) in [5.41, 5.74) is 2.98. The van der Waals surface area contributed by atoms with Crippen LogP contribution in [0.1, 0.15) is 24.8 Å². The molecule has 128 valence electrons. The van der Waals surface area contributed by atoms with E-state index >= 15 is 0 Å². The Kier molecular flexibility index (Phi) is 4.73. The number of methoxy groups -OCH3 is 2. The number of allylic oxidation sites excluding steroid dienone is 3. The molecule has 3 rings (SSSR count). The number of nitrogens with zero attached hydrogens (tertiary/aromatic N) is 1. The molecule has 1 heterocycles. The Morgan fingerprint density at radius 1 is 1.21 bits per heavy atom. The van der Waals surface area contributed by atoms with Crippen LogP contribution >= 0.6 is 0 Å². The summed E-state index contributed by atoms with van der Waals surface area (Å²) in [7, 11) is 3.12. The molecular weight excluding hydrogens is 306 g/mol. The van der Waals surface area contributed by atoms with Crippen LogP contribution in [0.4, 0.5) is 5.69 Å². The summed E-state index contributed by atoms with van der Waals surface area (Å²) >= 11 is 0. The SMILES string of the molecule is COC1=CC=C2CN(c3ccc(C(C)C(O)OC)cc3)C(=O)C2C1. The quantitative estimate of drug-likeness (QED) is 0.844. The standard InChI is InChI=1S/C19H23NO4/c1-12(19(22)24-3)13-4-7-15(8-5-13)20-11-14-6-9-16(23-2)10-17(14)18(20)21/h4-9,12,17,19,22H,10-11H2,1-3H3. The van der Waals surface area contributed by atoms with Crippen LogP contribution in [-0.2, 0) is 14.3 Å². The van der Waals surface area contributed by atoms with E-state index in [1.54, 1.807) is 7.11 Å². The number of rotatable bonds is 5. The Balaban J connectivity index is 1.76. The molecule has 3 atom stereocenters. The molecule has 5 heteroatoms. The van der Waals surface area contributed by atoms with Crippen molar-refractivity contribution in [2.45, 2.75) is 25.6 Å². The molecule has 2 aliphatic rings. The van der Waals surface area contributed by atoms with Gasteiger partial charge in [0.25, 0.3) is 0 Å². The van der Waals surface area contributed by atoms with Crippen molar-refractivity contribution >= 4 is 11.6 Å². The molecule has 1 aromatic rings. The van der Waals surface area contributed by atoms with Crippen LogP contribution in [0.5, 0.6) is 0 Å². The molecule has 0 spiro atoms. The first-order valence-corrected chi connectivity index (χ1v) is 8.11. The minimum atomic E-state index is -0.837. The third kappa shape index (κ3) is 2.97. The molecule has 0 aromatic heterocycles. The third-order valence-electron chi connectivity index (χ3n) is 4.90. The van der Waals surface area contributed by atoms with Gasteiger partial charge >= 0.3 is 0 Å². The fourth-order valence-corrected chi connectivity index (χ4v) is 3.27. The highest BCUT2D eigenvalue weighted by Gasteiger charge is 2.38. The van der Waals surface area contributed by atoms with Gasteiger partial charge in [-0.05, 0) is 29.3 Å². The largest absolute Gasteiger partial charge is 0.501 e. The maximum absolute atomic E-state index is 12.7. The van der Waals surface area contributed by atoms with Gasteiger partial charge in [0.1, 0.15) is 0 Å². The molecule has 24 heavy (non-hydrogen) atoms. The second-order valence-electron chi connectivity index (χ2n) is 6.27. The molecule has 1 aliphatic heterocycles. The summed E-state index contributed by atoms with van der Waals surface area (Å²) < 4.78 is 10.2. The van der Waals surface area contributed by atoms with Crippen molar-refractivity contribution < 1.29 is 19.4 Å². The Bertz CT molecular complexity index is 677. The summed E-state index contributed by atoms with van der Waals surface area (Å²) in [6.45, 7) is 2.52. The maximum Gasteiger partial charge on any atom is 0.235 e. The fraction of sp³-hybridized carbons (Fsp3) is 0.421. The van der Waals surface area contributed by atoms with Crippen LogP contribution in [0.2, 0.25) is 0 Å². The van der Waals surface area contributed by atoms with Crippen molar-refractivity contribution in [3.63, 3.8) is 0 Å². The highest BCUT2D eigenvalue weighted by Crippen LogP contribution is 2.36. The van der Waals surface area contributed by atoms with Gasteiger partial charge in [-0.25, -0.2) is 0 Å². The van der Waals surface area contributed by atoms with Crippen LogP contribution in [0, 0.1) is 5.92 Å². The molecule has 0 radical (unpaired) electrons. The zero-order valence-corrected chi connectivity index (χ0v) is 14.2. The van der Waals surface area contributed by atoms with Gasteiger partial charge in [0.15, 0.2) is 6.29 Å². The maximum atomic E-state index is 12.7. The Labute approximate surface area is 142 Å². The Morgan fingerprint density at radius 3 is 2.54 bits per heavy atom. The molecule has 1 fully saturated rings. The first-order chi connectivity index (χ1) is 11.5. The first-order valence-electron chi connectivity index (χ1n) is 8.11. The second-order valence-corrected chi connectivity index (χ2v) is 6.27. The lowest BCUT2D eigenvalue weighted by Gasteiger charge is -2.20. The van der Waals surface area contributed by atoms with Crippen molar-refractivity contribution in [1.29, 1.82) is 0 Å². The number of fused-ring (bicyclic) bond motifs is 1. The van der Waals surface area contributed by atoms with E-state index in [1.165, 1.54) is 7.11 Å². The molecule has 1 aliphatic carbocycles. The minimum absolute atomic E-state index is 0.112. The highest BCUT2D eigenvalue weighted by atomic mass is 16.6. The van der Waals surface area contributed by atoms with E-state index in [1.807, 2.05) is 48.2 Å². The van der Waals surface area contributed by atoms with Crippen molar-refractivity contribution in [3.05, 3.63) is 53.3 Å². The number of aliphatic hydroxyl groups is 1. The predicted octanol–water partition coefficient (Wildman–Crippen LogP) is 2.58. The average molecular weight is 329 g/mol. The lowest BCUT2D eigenvalue weighted by atomic mass is 9.93. The topological polar surface area (TPSA) is 59.0 Å². The number of benzene rings is 1. The van der Waals surface area contributed by atoms with Crippen LogP contribution in [0.3, 0.4) is 0 Å². The summed E-state index contributed by atoms with van der Waals surface area (Å²) in [6.07, 6.45) is 3.73. The summed E-state index contributed by atoms with van der Waals surface area (Å²) in [6, 6.07) is 7.72. The van der Waals surface area contributed by atoms with E-state index in [4.69, 9.17) is 9.47 Å². The predicted molar refractivity (Wildman–Crippen MR) is 91.5 cm³/mol. The van der Waals surface area contributed by atoms with Gasteiger partial charge in [-0.15, -0.1) is 0 Å². The Morgan fingerprint density at radius 2 is 1.92 bits per heavy atom.